The molecule has 0 spiro atoms. The van der Waals surface area contributed by atoms with E-state index in [1.165, 1.54) is 0 Å². The van der Waals surface area contributed by atoms with E-state index >= 15 is 0 Å². The third kappa shape index (κ3) is 1.60. The Morgan fingerprint density at radius 3 is 2.68 bits per heavy atom. The molecule has 1 aromatic heterocycles. The van der Waals surface area contributed by atoms with Crippen molar-refractivity contribution in [2.24, 2.45) is 0 Å². The Bertz CT molecular complexity index is 940. The van der Waals surface area contributed by atoms with Gasteiger partial charge in [0, 0.05) is 25.7 Å². The van der Waals surface area contributed by atoms with Crippen molar-refractivity contribution in [1.82, 2.24) is 0 Å². The fourth-order valence-electron chi connectivity index (χ4n) is 2.54. The van der Waals surface area contributed by atoms with Gasteiger partial charge in [-0.25, -0.2) is 0 Å². The maximum absolute atomic E-state index is 6.05. The Hall–Kier alpha value is -1.51. The molecule has 0 saturated carbocycles. The normalized spacial score (nSPS) is 11.7. The third-order valence-corrected chi connectivity index (χ3v) is 4.24. The lowest BCUT2D eigenvalue weighted by atomic mass is 10.1. The predicted octanol–water partition coefficient (Wildman–Crippen LogP) is 6.16. The smallest absolute Gasteiger partial charge is 0.144 e. The minimum atomic E-state index is 0.731. The SMILES string of the molecule is Clc1ccc2c(c1)cc(Br)c1c3ccccc3oc21. The van der Waals surface area contributed by atoms with Crippen LogP contribution in [0.3, 0.4) is 0 Å². The van der Waals surface area contributed by atoms with Gasteiger partial charge in [-0.2, -0.15) is 0 Å². The Morgan fingerprint density at radius 2 is 1.79 bits per heavy atom. The van der Waals surface area contributed by atoms with Crippen molar-refractivity contribution >= 4 is 60.2 Å². The lowest BCUT2D eigenvalue weighted by Gasteiger charge is -2.02. The third-order valence-electron chi connectivity index (χ3n) is 3.37. The monoisotopic (exact) mass is 330 g/mol. The summed E-state index contributed by atoms with van der Waals surface area (Å²) >= 11 is 9.69. The average Bonchev–Trinajstić information content (AvgIpc) is 2.78. The molecule has 0 bridgehead atoms. The highest BCUT2D eigenvalue weighted by Crippen LogP contribution is 2.39. The van der Waals surface area contributed by atoms with E-state index in [2.05, 4.69) is 28.1 Å². The van der Waals surface area contributed by atoms with Crippen LogP contribution in [0.15, 0.2) is 57.4 Å². The highest BCUT2D eigenvalue weighted by Gasteiger charge is 2.13. The van der Waals surface area contributed by atoms with Crippen LogP contribution in [-0.2, 0) is 0 Å². The first-order valence-corrected chi connectivity index (χ1v) is 7.10. The zero-order chi connectivity index (χ0) is 13.0. The molecular weight excluding hydrogens is 324 g/mol. The first-order chi connectivity index (χ1) is 9.24. The summed E-state index contributed by atoms with van der Waals surface area (Å²) < 4.78 is 7.04. The molecule has 19 heavy (non-hydrogen) atoms. The molecule has 0 N–H and O–H groups in total. The van der Waals surface area contributed by atoms with Crippen molar-refractivity contribution in [2.45, 2.75) is 0 Å². The van der Waals surface area contributed by atoms with Crippen LogP contribution in [0, 0.1) is 0 Å². The van der Waals surface area contributed by atoms with Gasteiger partial charge >= 0.3 is 0 Å². The zero-order valence-electron chi connectivity index (χ0n) is 9.78. The summed E-state index contributed by atoms with van der Waals surface area (Å²) in [5.74, 6) is 0. The van der Waals surface area contributed by atoms with Gasteiger partial charge in [0.15, 0.2) is 0 Å². The summed E-state index contributed by atoms with van der Waals surface area (Å²) in [6.45, 7) is 0. The number of para-hydroxylation sites is 1. The Morgan fingerprint density at radius 1 is 0.947 bits per heavy atom. The molecule has 0 unspecified atom stereocenters. The molecule has 0 aliphatic heterocycles. The maximum Gasteiger partial charge on any atom is 0.144 e. The summed E-state index contributed by atoms with van der Waals surface area (Å²) in [6.07, 6.45) is 0. The van der Waals surface area contributed by atoms with Crippen LogP contribution in [0.2, 0.25) is 5.02 Å². The van der Waals surface area contributed by atoms with E-state index < -0.39 is 0 Å². The van der Waals surface area contributed by atoms with E-state index in [9.17, 15) is 0 Å². The molecule has 0 aliphatic carbocycles. The van der Waals surface area contributed by atoms with Crippen molar-refractivity contribution < 1.29 is 4.42 Å². The van der Waals surface area contributed by atoms with Gasteiger partial charge in [0.25, 0.3) is 0 Å². The van der Waals surface area contributed by atoms with E-state index in [-0.39, 0.29) is 0 Å². The first kappa shape index (κ1) is 11.3. The minimum Gasteiger partial charge on any atom is -0.455 e. The number of rotatable bonds is 0. The van der Waals surface area contributed by atoms with Gasteiger partial charge in [0.2, 0.25) is 0 Å². The van der Waals surface area contributed by atoms with Crippen LogP contribution < -0.4 is 0 Å². The van der Waals surface area contributed by atoms with E-state index in [0.717, 1.165) is 42.2 Å². The second-order valence-electron chi connectivity index (χ2n) is 4.53. The van der Waals surface area contributed by atoms with Gasteiger partial charge < -0.3 is 4.42 Å². The molecule has 92 valence electrons. The first-order valence-electron chi connectivity index (χ1n) is 5.93. The van der Waals surface area contributed by atoms with Crippen LogP contribution in [-0.4, -0.2) is 0 Å². The molecule has 0 atom stereocenters. The van der Waals surface area contributed by atoms with Crippen LogP contribution >= 0.6 is 27.5 Å². The fraction of sp³-hybridized carbons (Fsp3) is 0. The number of benzene rings is 3. The van der Waals surface area contributed by atoms with Gasteiger partial charge in [0.1, 0.15) is 11.2 Å². The predicted molar refractivity (Wildman–Crippen MR) is 83.9 cm³/mol. The van der Waals surface area contributed by atoms with Gasteiger partial charge in [-0.05, 0) is 51.6 Å². The number of furan rings is 1. The molecule has 0 amide bonds. The largest absolute Gasteiger partial charge is 0.455 e. The van der Waals surface area contributed by atoms with Crippen molar-refractivity contribution in [3.63, 3.8) is 0 Å². The van der Waals surface area contributed by atoms with Gasteiger partial charge in [-0.3, -0.25) is 0 Å². The molecule has 1 nitrogen and oxygen atoms in total. The summed E-state index contributed by atoms with van der Waals surface area (Å²) in [5, 5.41) is 5.13. The molecule has 0 fully saturated rings. The Balaban J connectivity index is 2.33. The molecule has 4 rings (SSSR count). The molecule has 1 heterocycles. The van der Waals surface area contributed by atoms with Crippen LogP contribution in [0.25, 0.3) is 32.7 Å². The number of halogens is 2. The molecule has 0 radical (unpaired) electrons. The second-order valence-corrected chi connectivity index (χ2v) is 5.82. The highest BCUT2D eigenvalue weighted by atomic mass is 79.9. The fourth-order valence-corrected chi connectivity index (χ4v) is 3.36. The quantitative estimate of drug-likeness (QED) is 0.376. The summed E-state index contributed by atoms with van der Waals surface area (Å²) in [5.41, 5.74) is 1.81. The van der Waals surface area contributed by atoms with Gasteiger partial charge in [-0.1, -0.05) is 29.8 Å². The molecule has 0 saturated heterocycles. The van der Waals surface area contributed by atoms with Crippen molar-refractivity contribution in [3.8, 4) is 0 Å². The van der Waals surface area contributed by atoms with E-state index in [1.54, 1.807) is 0 Å². The van der Waals surface area contributed by atoms with Crippen molar-refractivity contribution in [3.05, 3.63) is 58.0 Å². The Labute approximate surface area is 122 Å². The number of hydrogen-bond donors (Lipinski definition) is 0. The zero-order valence-corrected chi connectivity index (χ0v) is 12.1. The van der Waals surface area contributed by atoms with Gasteiger partial charge in [-0.15, -0.1) is 0 Å². The minimum absolute atomic E-state index is 0.731. The van der Waals surface area contributed by atoms with Crippen molar-refractivity contribution in [2.75, 3.05) is 0 Å². The standard InChI is InChI=1S/C16H8BrClO/c17-13-8-9-7-10(18)5-6-11(9)16-15(13)12-3-1-2-4-14(12)19-16/h1-8H. The van der Waals surface area contributed by atoms with E-state index in [0.29, 0.717) is 0 Å². The van der Waals surface area contributed by atoms with Crippen LogP contribution in [0.4, 0.5) is 0 Å². The van der Waals surface area contributed by atoms with Gasteiger partial charge in [0.05, 0.1) is 0 Å². The molecule has 3 heteroatoms. The Kier molecular flexibility index (Phi) is 2.38. The highest BCUT2D eigenvalue weighted by molar-refractivity contribution is 9.10. The summed E-state index contributed by atoms with van der Waals surface area (Å²) in [6, 6.07) is 16.0. The lowest BCUT2D eigenvalue weighted by molar-refractivity contribution is 0.672. The second kappa shape index (κ2) is 3.99. The topological polar surface area (TPSA) is 13.1 Å². The lowest BCUT2D eigenvalue weighted by Crippen LogP contribution is -1.76. The maximum atomic E-state index is 6.05. The number of fused-ring (bicyclic) bond motifs is 5. The van der Waals surface area contributed by atoms with Crippen LogP contribution in [0.5, 0.6) is 0 Å². The molecule has 3 aromatic carbocycles. The molecule has 0 aliphatic rings. The summed E-state index contributed by atoms with van der Waals surface area (Å²) in [4.78, 5) is 0. The molecular formula is C16H8BrClO. The van der Waals surface area contributed by atoms with Crippen molar-refractivity contribution in [1.29, 1.82) is 0 Å². The van der Waals surface area contributed by atoms with E-state index in [4.69, 9.17) is 16.0 Å². The van der Waals surface area contributed by atoms with E-state index in [1.807, 2.05) is 36.4 Å². The number of hydrogen-bond acceptors (Lipinski definition) is 1. The molecule has 4 aromatic rings. The summed E-state index contributed by atoms with van der Waals surface area (Å²) in [7, 11) is 0. The average molecular weight is 332 g/mol. The van der Waals surface area contributed by atoms with Crippen LogP contribution in [0.1, 0.15) is 0 Å².